The fraction of sp³-hybridized carbons (Fsp3) is 0.591. The van der Waals surface area contributed by atoms with E-state index in [-0.39, 0.29) is 89.0 Å². The first kappa shape index (κ1) is 101. The Bertz CT molecular complexity index is 5050. The number of alkyl halides is 1. The van der Waals surface area contributed by atoms with E-state index in [9.17, 15) is 52.4 Å². The number of nitrogens with zero attached hydrogens (tertiary/aromatic N) is 6. The first-order valence-electron chi connectivity index (χ1n) is 43.4. The van der Waals surface area contributed by atoms with Gasteiger partial charge in [0.15, 0.2) is 16.3 Å². The number of ether oxygens (including phenoxy) is 10. The minimum atomic E-state index is -4.36. The van der Waals surface area contributed by atoms with Crippen LogP contribution in [0.2, 0.25) is 0 Å². The van der Waals surface area contributed by atoms with Crippen LogP contribution in [0.5, 0.6) is 23.0 Å². The number of thiazole rings is 2. The maximum Gasteiger partial charge on any atom is 0.510 e. The minimum Gasteiger partial charge on any atom is -0.497 e. The molecule has 6 aliphatic rings. The lowest BCUT2D eigenvalue weighted by Gasteiger charge is -2.36. The zero-order valence-corrected chi connectivity index (χ0v) is 80.2. The van der Waals surface area contributed by atoms with E-state index in [4.69, 9.17) is 83.0 Å². The highest BCUT2D eigenvalue weighted by molar-refractivity contribution is 7.56. The Labute approximate surface area is 765 Å². The van der Waals surface area contributed by atoms with E-state index in [1.165, 1.54) is 44.6 Å². The average molecular weight is 1890 g/mol. The van der Waals surface area contributed by atoms with Gasteiger partial charge >= 0.3 is 39.7 Å². The Hall–Kier alpha value is -9.65. The number of hydrogen-bond donors (Lipinski definition) is 7. The molecule has 2 aliphatic heterocycles. The van der Waals surface area contributed by atoms with E-state index in [0.717, 1.165) is 61.6 Å². The summed E-state index contributed by atoms with van der Waals surface area (Å²) in [4.78, 5) is 141. The van der Waals surface area contributed by atoms with Gasteiger partial charge in [0.05, 0.1) is 76.2 Å². The molecule has 2 unspecified atom stereocenters. The first-order valence-corrected chi connectivity index (χ1v) is 48.9. The summed E-state index contributed by atoms with van der Waals surface area (Å²) in [6.45, 7) is 32.6. The average Bonchev–Trinajstić information content (AvgIpc) is 1.58. The number of pyridine rings is 2. The number of anilines is 2. The summed E-state index contributed by atoms with van der Waals surface area (Å²) in [5.74, 6) is -1.40. The second-order valence-corrected chi connectivity index (χ2v) is 41.1. The molecular weight excluding hydrogens is 1770 g/mol. The molecular formula is C88H123ClN12O24P2S2. The summed E-state index contributed by atoms with van der Waals surface area (Å²) >= 11 is 7.91. The number of methoxy groups -OCH3 is 2. The van der Waals surface area contributed by atoms with Gasteiger partial charge in [0.1, 0.15) is 93.5 Å². The Morgan fingerprint density at radius 3 is 1.34 bits per heavy atom. The summed E-state index contributed by atoms with van der Waals surface area (Å²) in [6.07, 6.45) is 5.04. The fourth-order valence-corrected chi connectivity index (χ4v) is 21.7. The highest BCUT2D eigenvalue weighted by Gasteiger charge is 2.70. The Kier molecular flexibility index (Phi) is 35.0. The van der Waals surface area contributed by atoms with Crippen molar-refractivity contribution in [1.82, 2.24) is 51.0 Å². The number of carbonyl (C=O) groups excluding carboxylic acids is 8. The Balaban J connectivity index is 0.000000248. The molecule has 6 aromatic rings. The fourth-order valence-electron chi connectivity index (χ4n) is 15.8. The van der Waals surface area contributed by atoms with Crippen LogP contribution in [-0.4, -0.2) is 221 Å². The molecule has 12 atom stereocenters. The summed E-state index contributed by atoms with van der Waals surface area (Å²) in [6, 6.07) is 10.1. The van der Waals surface area contributed by atoms with E-state index in [2.05, 4.69) is 54.5 Å². The number of rotatable bonds is 36. The van der Waals surface area contributed by atoms with Gasteiger partial charge in [0.25, 0.3) is 0 Å². The quantitative estimate of drug-likeness (QED) is 0.00480. The number of amides is 6. The Morgan fingerprint density at radius 1 is 0.558 bits per heavy atom. The van der Waals surface area contributed by atoms with Crippen LogP contribution in [0.3, 0.4) is 0 Å². The number of fused-ring (bicyclic) bond motifs is 2. The van der Waals surface area contributed by atoms with Crippen molar-refractivity contribution in [2.75, 3.05) is 77.2 Å². The summed E-state index contributed by atoms with van der Waals surface area (Å²) in [5.41, 5.74) is 1.88. The van der Waals surface area contributed by atoms with Crippen molar-refractivity contribution in [3.8, 4) is 45.8 Å². The number of nitrogens with one attached hydrogen (secondary N) is 6. The largest absolute Gasteiger partial charge is 0.510 e. The van der Waals surface area contributed by atoms with Crippen LogP contribution in [-0.2, 0) is 70.3 Å². The van der Waals surface area contributed by atoms with Gasteiger partial charge in [-0.05, 0) is 155 Å². The molecule has 6 amide bonds. The second-order valence-electron chi connectivity index (χ2n) is 34.7. The molecule has 2 aromatic carbocycles. The highest BCUT2D eigenvalue weighted by atomic mass is 35.5. The first-order chi connectivity index (χ1) is 61.2. The second kappa shape index (κ2) is 44.5. The van der Waals surface area contributed by atoms with Crippen LogP contribution in [0, 0.1) is 22.7 Å². The van der Waals surface area contributed by atoms with Gasteiger partial charge in [-0.1, -0.05) is 65.3 Å². The number of carbonyl (C=O) groups is 8. The van der Waals surface area contributed by atoms with Crippen LogP contribution in [0.25, 0.3) is 44.6 Å². The molecule has 4 saturated carbocycles. The number of benzene rings is 2. The lowest BCUT2D eigenvalue weighted by molar-refractivity contribution is -0.142. The van der Waals surface area contributed by atoms with Gasteiger partial charge in [-0.15, -0.1) is 35.8 Å². The molecule has 708 valence electrons. The topological polar surface area (TPSA) is 441 Å². The molecule has 41 heteroatoms. The monoisotopic (exact) mass is 1890 g/mol. The highest BCUT2D eigenvalue weighted by Crippen LogP contribution is 2.73. The summed E-state index contributed by atoms with van der Waals surface area (Å²) in [5, 5.41) is 21.4. The van der Waals surface area contributed by atoms with Gasteiger partial charge in [-0.25, -0.2) is 39.1 Å². The number of alkyl carbamates (subject to hydrolysis) is 2. The van der Waals surface area contributed by atoms with E-state index >= 15 is 0 Å². The van der Waals surface area contributed by atoms with Crippen molar-refractivity contribution in [1.29, 1.82) is 0 Å². The smallest absolute Gasteiger partial charge is 0.497 e. The number of likely N-dealkylation sites (tertiary alicyclic amines) is 2. The summed E-state index contributed by atoms with van der Waals surface area (Å²) in [7, 11) is -5.51. The van der Waals surface area contributed by atoms with Crippen molar-refractivity contribution >= 4 is 130 Å². The number of halogens is 1. The third-order valence-corrected chi connectivity index (χ3v) is 29.0. The normalized spacial score (nSPS) is 22.1. The SMILES string of the molecule is C=C[C@@H]1C[C@]1(NC(=O)[C@@H]1C[C@@H](Oc2cc(-c3csc(NC(C)C)n3)nc3cc(OC)ccc23)CN1C(=O)[C@@H](NC(=O)OC1CCCC1)C(C)(C)C)P(=O)(O)OCC.C=C[C@@H]1C[C@]1(NC(=O)[C@@H]1C[C@@H](Oc2cc(-c3csc(NC(C)C)n3)nc3cc(OC)ccc23)CN1C(=O)[C@@H](NC(=O)OC1CCCC1)C(C)(C)C)P(=O)(OCC)OCOC(=O)OCC.CCOC(=O)OCCl. The maximum absolute atomic E-state index is 14.9. The molecule has 6 heterocycles. The minimum absolute atomic E-state index is 0.00395. The third-order valence-electron chi connectivity index (χ3n) is 22.4. The molecule has 6 fully saturated rings. The van der Waals surface area contributed by atoms with Crippen molar-refractivity contribution in [2.45, 2.75) is 245 Å². The molecule has 129 heavy (non-hydrogen) atoms. The van der Waals surface area contributed by atoms with Crippen molar-refractivity contribution in [2.24, 2.45) is 22.7 Å². The lowest BCUT2D eigenvalue weighted by atomic mass is 9.85. The van der Waals surface area contributed by atoms with Crippen LogP contribution < -0.4 is 50.8 Å². The van der Waals surface area contributed by atoms with Gasteiger partial charge < -0.3 is 103 Å². The van der Waals surface area contributed by atoms with Crippen molar-refractivity contribution < 1.29 is 113 Å². The van der Waals surface area contributed by atoms with Gasteiger partial charge in [-0.3, -0.25) is 32.8 Å². The molecule has 4 aliphatic carbocycles. The third kappa shape index (κ3) is 25.6. The van der Waals surface area contributed by atoms with Gasteiger partial charge in [0, 0.05) is 82.6 Å². The molecule has 7 N–H and O–H groups in total. The van der Waals surface area contributed by atoms with Crippen LogP contribution in [0.15, 0.2) is 84.6 Å². The van der Waals surface area contributed by atoms with Crippen LogP contribution in [0.4, 0.5) is 29.4 Å². The van der Waals surface area contributed by atoms with E-state index < -0.39 is 140 Å². The standard InChI is InChI=1S/C44H61N6O12PS.C40H55N6O9PS.C4H7ClO3/c1-10-27-22-44(27,63(55,59-12-3)60-25-58-42(54)57-11-2)49-38(51)35-20-30(23-50(35)39(52)37(43(6,7)8)48-41(53)62-28-15-13-14-16-28)61-36-21-33(34-24-64-40(47-34)45-26(4)5)46-32-19-29(56-9)17-18-31(32)36;1-9-24-20-40(24,56(50,51)53-10-2)45-35(47)32-18-27(21-46(32)36(48)34(39(5,6)7)44-38(49)55-25-13-11-12-14-25)54-33-19-30(31-22-57-37(43-31)41-23(3)4)42-29-17-26(52-8)15-16-28(29)33;1-2-7-4(6)8-3-5/h10,17-19,21,24,26-28,30,35,37H,1,11-16,20,22-23,25H2,2-9H3,(H,45,47)(H,48,53)(H,49,51);9,15-17,19,22-25,27,32,34H,1,10-14,18,20-21H2,2-8H3,(H,41,43)(H,44,49)(H,45,47)(H,50,51);2-3H2,1H3/t27-,30-,35+,37-,44+,63?;24-,27-,32+,34-,40+;/m11./s1. The molecule has 0 spiro atoms. The predicted molar refractivity (Wildman–Crippen MR) is 488 cm³/mol. The number of aromatic nitrogens is 4. The maximum atomic E-state index is 14.9. The van der Waals surface area contributed by atoms with Crippen molar-refractivity contribution in [3.63, 3.8) is 0 Å². The molecule has 0 bridgehead atoms. The van der Waals surface area contributed by atoms with Crippen molar-refractivity contribution in [3.05, 3.63) is 84.6 Å². The molecule has 0 radical (unpaired) electrons. The lowest BCUT2D eigenvalue weighted by Crippen LogP contribution is -2.58. The predicted octanol–water partition coefficient (Wildman–Crippen LogP) is 16.2. The molecule has 36 nitrogen and oxygen atoms in total. The molecule has 12 rings (SSSR count). The van der Waals surface area contributed by atoms with E-state index in [0.29, 0.717) is 74.2 Å². The Morgan fingerprint density at radius 2 is 0.969 bits per heavy atom. The van der Waals surface area contributed by atoms with Crippen LogP contribution >= 0.6 is 49.5 Å². The van der Waals surface area contributed by atoms with Gasteiger partial charge in [-0.2, -0.15) is 0 Å². The zero-order chi connectivity index (χ0) is 94.1. The zero-order valence-electron chi connectivity index (χ0n) is 76.0. The van der Waals surface area contributed by atoms with E-state index in [1.54, 1.807) is 78.3 Å². The molecule has 2 saturated heterocycles. The number of hydrogen-bond acceptors (Lipinski definition) is 31. The van der Waals surface area contributed by atoms with Gasteiger partial charge in [0.2, 0.25) is 30.4 Å². The summed E-state index contributed by atoms with van der Waals surface area (Å²) < 4.78 is 99.0. The van der Waals surface area contributed by atoms with Crippen LogP contribution in [0.1, 0.15) is 174 Å². The molecule has 4 aromatic heterocycles. The van der Waals surface area contributed by atoms with E-state index in [1.807, 2.05) is 92.1 Å².